The Hall–Kier alpha value is -0.160. The van der Waals surface area contributed by atoms with Crippen molar-refractivity contribution in [2.24, 2.45) is 16.9 Å². The van der Waals surface area contributed by atoms with Gasteiger partial charge in [0.25, 0.3) is 0 Å². The molecule has 0 aromatic heterocycles. The molecule has 0 spiro atoms. The highest BCUT2D eigenvalue weighted by atomic mass is 14.8. The Kier molecular flexibility index (Phi) is 5.69. The molecule has 0 saturated heterocycles. The molecule has 96 valence electrons. The fourth-order valence-corrected chi connectivity index (χ4v) is 2.85. The van der Waals surface area contributed by atoms with Crippen LogP contribution in [0.5, 0.6) is 0 Å². The van der Waals surface area contributed by atoms with Crippen LogP contribution in [-0.4, -0.2) is 39.3 Å². The predicted molar refractivity (Wildman–Crippen MR) is 69.3 cm³/mol. The van der Waals surface area contributed by atoms with E-state index in [0.717, 1.165) is 25.9 Å². The molecule has 1 aliphatic carbocycles. The molecule has 16 heavy (non-hydrogen) atoms. The molecule has 4 nitrogen and oxygen atoms in total. The summed E-state index contributed by atoms with van der Waals surface area (Å²) in [6.07, 6.45) is 5.62. The second-order valence-electron chi connectivity index (χ2n) is 5.21. The molecule has 4 heteroatoms. The van der Waals surface area contributed by atoms with Gasteiger partial charge in [0.2, 0.25) is 0 Å². The first kappa shape index (κ1) is 13.9. The van der Waals surface area contributed by atoms with E-state index < -0.39 is 0 Å². The van der Waals surface area contributed by atoms with Gasteiger partial charge >= 0.3 is 0 Å². The standard InChI is InChI=1S/C12H28N4/c1-15-7-5-12(6-8-16-2)4-3-10(13)9-11(12)14/h10-11,15-16H,3-9,13-14H2,1-2H3. The van der Waals surface area contributed by atoms with Crippen LogP contribution in [0, 0.1) is 5.41 Å². The molecular weight excluding hydrogens is 200 g/mol. The van der Waals surface area contributed by atoms with Gasteiger partial charge in [-0.3, -0.25) is 0 Å². The van der Waals surface area contributed by atoms with E-state index in [-0.39, 0.29) is 6.04 Å². The SMILES string of the molecule is CNCCC1(CCNC)CCC(N)CC1N. The average molecular weight is 228 g/mol. The Morgan fingerprint density at radius 3 is 2.12 bits per heavy atom. The van der Waals surface area contributed by atoms with Gasteiger partial charge < -0.3 is 22.1 Å². The minimum absolute atomic E-state index is 0.262. The number of nitrogens with two attached hydrogens (primary N) is 2. The number of hydrogen-bond acceptors (Lipinski definition) is 4. The molecule has 2 atom stereocenters. The molecular formula is C12H28N4. The van der Waals surface area contributed by atoms with E-state index in [2.05, 4.69) is 10.6 Å². The van der Waals surface area contributed by atoms with Crippen molar-refractivity contribution in [3.8, 4) is 0 Å². The molecule has 1 fully saturated rings. The molecule has 1 rings (SSSR count). The van der Waals surface area contributed by atoms with Crippen LogP contribution < -0.4 is 22.1 Å². The predicted octanol–water partition coefficient (Wildman–Crippen LogP) is 0.0303. The summed E-state index contributed by atoms with van der Waals surface area (Å²) in [4.78, 5) is 0. The topological polar surface area (TPSA) is 76.1 Å². The van der Waals surface area contributed by atoms with Gasteiger partial charge in [-0.2, -0.15) is 0 Å². The number of hydrogen-bond donors (Lipinski definition) is 4. The van der Waals surface area contributed by atoms with Gasteiger partial charge in [-0.25, -0.2) is 0 Å². The summed E-state index contributed by atoms with van der Waals surface area (Å²) in [6, 6.07) is 0.574. The van der Waals surface area contributed by atoms with Crippen LogP contribution in [0.2, 0.25) is 0 Å². The zero-order valence-electron chi connectivity index (χ0n) is 10.8. The summed E-state index contributed by atoms with van der Waals surface area (Å²) in [7, 11) is 4.01. The molecule has 1 saturated carbocycles. The summed E-state index contributed by atoms with van der Waals surface area (Å²) in [5.41, 5.74) is 12.6. The van der Waals surface area contributed by atoms with E-state index >= 15 is 0 Å². The molecule has 0 radical (unpaired) electrons. The van der Waals surface area contributed by atoms with Crippen molar-refractivity contribution in [3.63, 3.8) is 0 Å². The van der Waals surface area contributed by atoms with E-state index in [0.29, 0.717) is 11.5 Å². The van der Waals surface area contributed by atoms with E-state index in [1.54, 1.807) is 0 Å². The van der Waals surface area contributed by atoms with Crippen LogP contribution in [0.25, 0.3) is 0 Å². The molecule has 0 aliphatic heterocycles. The third-order valence-electron chi connectivity index (χ3n) is 4.10. The molecule has 2 unspecified atom stereocenters. The summed E-state index contributed by atoms with van der Waals surface area (Å²) in [5, 5.41) is 6.48. The van der Waals surface area contributed by atoms with Crippen LogP contribution >= 0.6 is 0 Å². The lowest BCUT2D eigenvalue weighted by Gasteiger charge is -2.45. The van der Waals surface area contributed by atoms with Crippen molar-refractivity contribution in [3.05, 3.63) is 0 Å². The van der Waals surface area contributed by atoms with Crippen molar-refractivity contribution in [1.82, 2.24) is 10.6 Å². The van der Waals surface area contributed by atoms with Gasteiger partial charge in [-0.1, -0.05) is 0 Å². The lowest BCUT2D eigenvalue weighted by atomic mass is 9.65. The molecule has 0 heterocycles. The lowest BCUT2D eigenvalue weighted by molar-refractivity contribution is 0.115. The summed E-state index contributed by atoms with van der Waals surface area (Å²) in [5.74, 6) is 0. The second kappa shape index (κ2) is 6.55. The minimum Gasteiger partial charge on any atom is -0.328 e. The van der Waals surface area contributed by atoms with E-state index in [1.807, 2.05) is 14.1 Å². The molecule has 0 amide bonds. The van der Waals surface area contributed by atoms with Gasteiger partial charge in [0, 0.05) is 12.1 Å². The van der Waals surface area contributed by atoms with Gasteiger partial charge in [0.05, 0.1) is 0 Å². The van der Waals surface area contributed by atoms with Crippen LogP contribution in [-0.2, 0) is 0 Å². The Morgan fingerprint density at radius 2 is 1.69 bits per heavy atom. The smallest absolute Gasteiger partial charge is 0.0111 e. The third-order valence-corrected chi connectivity index (χ3v) is 4.10. The van der Waals surface area contributed by atoms with E-state index in [4.69, 9.17) is 11.5 Å². The lowest BCUT2D eigenvalue weighted by Crippen LogP contribution is -2.51. The fraction of sp³-hybridized carbons (Fsp3) is 1.00. The molecule has 0 aromatic rings. The zero-order valence-corrected chi connectivity index (χ0v) is 10.8. The maximum Gasteiger partial charge on any atom is 0.0111 e. The quantitative estimate of drug-likeness (QED) is 0.517. The van der Waals surface area contributed by atoms with Crippen LogP contribution in [0.4, 0.5) is 0 Å². The summed E-state index contributed by atoms with van der Waals surface area (Å²) in [6.45, 7) is 2.10. The highest BCUT2D eigenvalue weighted by Crippen LogP contribution is 2.40. The Bertz CT molecular complexity index is 182. The third kappa shape index (κ3) is 3.42. The van der Waals surface area contributed by atoms with Crippen LogP contribution in [0.1, 0.15) is 32.1 Å². The van der Waals surface area contributed by atoms with Crippen molar-refractivity contribution in [1.29, 1.82) is 0 Å². The van der Waals surface area contributed by atoms with Gasteiger partial charge in [-0.15, -0.1) is 0 Å². The van der Waals surface area contributed by atoms with Crippen molar-refractivity contribution in [2.75, 3.05) is 27.2 Å². The van der Waals surface area contributed by atoms with Gasteiger partial charge in [0.1, 0.15) is 0 Å². The molecule has 0 aromatic carbocycles. The monoisotopic (exact) mass is 228 g/mol. The first-order valence-electron chi connectivity index (χ1n) is 6.45. The second-order valence-corrected chi connectivity index (χ2v) is 5.21. The molecule has 0 bridgehead atoms. The summed E-state index contributed by atoms with van der Waals surface area (Å²) >= 11 is 0. The van der Waals surface area contributed by atoms with Crippen LogP contribution in [0.3, 0.4) is 0 Å². The maximum absolute atomic E-state index is 6.35. The van der Waals surface area contributed by atoms with Crippen LogP contribution in [0.15, 0.2) is 0 Å². The molecule has 1 aliphatic rings. The number of nitrogens with one attached hydrogen (secondary N) is 2. The van der Waals surface area contributed by atoms with E-state index in [9.17, 15) is 0 Å². The van der Waals surface area contributed by atoms with Gasteiger partial charge in [0.15, 0.2) is 0 Å². The van der Waals surface area contributed by atoms with Gasteiger partial charge in [-0.05, 0) is 64.7 Å². The summed E-state index contributed by atoms with van der Waals surface area (Å²) < 4.78 is 0. The van der Waals surface area contributed by atoms with E-state index in [1.165, 1.54) is 19.3 Å². The Balaban J connectivity index is 2.60. The largest absolute Gasteiger partial charge is 0.328 e. The highest BCUT2D eigenvalue weighted by molar-refractivity contribution is 4.96. The zero-order chi connectivity index (χ0) is 12.0. The Morgan fingerprint density at radius 1 is 1.12 bits per heavy atom. The fourth-order valence-electron chi connectivity index (χ4n) is 2.85. The highest BCUT2D eigenvalue weighted by Gasteiger charge is 2.39. The molecule has 6 N–H and O–H groups in total. The van der Waals surface area contributed by atoms with Crippen molar-refractivity contribution >= 4 is 0 Å². The first-order chi connectivity index (χ1) is 7.64. The van der Waals surface area contributed by atoms with Crippen molar-refractivity contribution < 1.29 is 0 Å². The normalized spacial score (nSPS) is 29.2. The first-order valence-corrected chi connectivity index (χ1v) is 6.45. The minimum atomic E-state index is 0.262. The van der Waals surface area contributed by atoms with Crippen molar-refractivity contribution in [2.45, 2.75) is 44.2 Å². The maximum atomic E-state index is 6.35. The Labute approximate surface area is 99.5 Å². The number of rotatable bonds is 6. The average Bonchev–Trinajstić information content (AvgIpc) is 2.27.